The minimum absolute atomic E-state index is 0.0116. The Kier molecular flexibility index (Phi) is 5.67. The summed E-state index contributed by atoms with van der Waals surface area (Å²) in [6, 6.07) is 16.3. The smallest absolute Gasteiger partial charge is 0.221 e. The molecule has 0 spiro atoms. The van der Waals surface area contributed by atoms with E-state index in [4.69, 9.17) is 11.6 Å². The van der Waals surface area contributed by atoms with Crippen LogP contribution in [0.1, 0.15) is 43.7 Å². The molecule has 1 N–H and O–H groups in total. The largest absolute Gasteiger partial charge is 0.354 e. The van der Waals surface area contributed by atoms with Crippen LogP contribution in [0.25, 0.3) is 10.9 Å². The second-order valence-electron chi connectivity index (χ2n) is 6.90. The Bertz CT molecular complexity index is 898. The third-order valence-electron chi connectivity index (χ3n) is 4.98. The van der Waals surface area contributed by atoms with Gasteiger partial charge < -0.3 is 9.88 Å². The fourth-order valence-electron chi connectivity index (χ4n) is 3.37. The monoisotopic (exact) mass is 368 g/mol. The van der Waals surface area contributed by atoms with Crippen molar-refractivity contribution in [2.75, 3.05) is 0 Å². The van der Waals surface area contributed by atoms with Crippen molar-refractivity contribution in [2.24, 2.45) is 7.05 Å². The summed E-state index contributed by atoms with van der Waals surface area (Å²) in [5.74, 6) is 0.0645. The van der Waals surface area contributed by atoms with Crippen molar-refractivity contribution < 1.29 is 4.79 Å². The highest BCUT2D eigenvalue weighted by molar-refractivity contribution is 6.30. The van der Waals surface area contributed by atoms with Crippen LogP contribution in [0.3, 0.4) is 0 Å². The molecular weight excluding hydrogens is 344 g/mol. The number of nitrogens with zero attached hydrogens (tertiary/aromatic N) is 1. The third kappa shape index (κ3) is 3.94. The summed E-state index contributed by atoms with van der Waals surface area (Å²) in [4.78, 5) is 12.6. The maximum Gasteiger partial charge on any atom is 0.221 e. The molecule has 0 unspecified atom stereocenters. The molecule has 0 aliphatic carbocycles. The number of fused-ring (bicyclic) bond motifs is 1. The molecule has 1 aromatic heterocycles. The molecule has 0 saturated carbocycles. The second-order valence-corrected chi connectivity index (χ2v) is 7.33. The summed E-state index contributed by atoms with van der Waals surface area (Å²) in [5, 5.41) is 4.98. The van der Waals surface area contributed by atoms with Gasteiger partial charge in [0, 0.05) is 47.6 Å². The van der Waals surface area contributed by atoms with E-state index in [9.17, 15) is 4.79 Å². The van der Waals surface area contributed by atoms with Gasteiger partial charge in [-0.15, -0.1) is 0 Å². The van der Waals surface area contributed by atoms with Crippen molar-refractivity contribution in [3.63, 3.8) is 0 Å². The van der Waals surface area contributed by atoms with Gasteiger partial charge in [-0.1, -0.05) is 48.9 Å². The maximum absolute atomic E-state index is 12.6. The lowest BCUT2D eigenvalue weighted by Gasteiger charge is -2.19. The Morgan fingerprint density at radius 2 is 1.85 bits per heavy atom. The number of halogens is 1. The molecule has 136 valence electrons. The number of aryl methyl sites for hydroxylation is 1. The molecule has 1 heterocycles. The Morgan fingerprint density at radius 1 is 1.15 bits per heavy atom. The number of rotatable bonds is 6. The van der Waals surface area contributed by atoms with E-state index < -0.39 is 0 Å². The Morgan fingerprint density at radius 3 is 2.54 bits per heavy atom. The van der Waals surface area contributed by atoms with Crippen LogP contribution in [0.5, 0.6) is 0 Å². The first kappa shape index (κ1) is 18.5. The van der Waals surface area contributed by atoms with Crippen LogP contribution in [-0.4, -0.2) is 16.5 Å². The molecule has 3 rings (SSSR count). The van der Waals surface area contributed by atoms with Gasteiger partial charge in [0.15, 0.2) is 0 Å². The first-order valence-electron chi connectivity index (χ1n) is 9.08. The summed E-state index contributed by atoms with van der Waals surface area (Å²) >= 11 is 6.07. The van der Waals surface area contributed by atoms with E-state index in [-0.39, 0.29) is 17.9 Å². The summed E-state index contributed by atoms with van der Waals surface area (Å²) < 4.78 is 2.13. The molecular formula is C22H25ClN2O. The van der Waals surface area contributed by atoms with Crippen LogP contribution in [0.2, 0.25) is 5.02 Å². The highest BCUT2D eigenvalue weighted by Crippen LogP contribution is 2.34. The van der Waals surface area contributed by atoms with Gasteiger partial charge in [0.1, 0.15) is 0 Å². The molecule has 26 heavy (non-hydrogen) atoms. The lowest BCUT2D eigenvalue weighted by Crippen LogP contribution is -2.33. The standard InChI is InChI=1S/C22H25ClN2O/c1-4-15(2)24-22(26)13-19(16-9-11-17(23)12-10-16)20-14-25(3)21-8-6-5-7-18(20)21/h5-12,14-15,19H,4,13H2,1-3H3,(H,24,26)/t15-,19-/m0/s1. The predicted octanol–water partition coefficient (Wildman–Crippen LogP) is 5.27. The highest BCUT2D eigenvalue weighted by atomic mass is 35.5. The van der Waals surface area contributed by atoms with Crippen LogP contribution in [-0.2, 0) is 11.8 Å². The van der Waals surface area contributed by atoms with Gasteiger partial charge in [-0.2, -0.15) is 0 Å². The number of hydrogen-bond donors (Lipinski definition) is 1. The molecule has 2 aromatic carbocycles. The molecule has 0 radical (unpaired) electrons. The fraction of sp³-hybridized carbons (Fsp3) is 0.318. The zero-order valence-electron chi connectivity index (χ0n) is 15.5. The van der Waals surface area contributed by atoms with E-state index in [1.165, 1.54) is 16.5 Å². The summed E-state index contributed by atoms with van der Waals surface area (Å²) in [6.07, 6.45) is 3.48. The van der Waals surface area contributed by atoms with Crippen molar-refractivity contribution in [3.8, 4) is 0 Å². The Balaban J connectivity index is 2.02. The molecule has 0 saturated heterocycles. The van der Waals surface area contributed by atoms with Crippen LogP contribution < -0.4 is 5.32 Å². The average molecular weight is 369 g/mol. The van der Waals surface area contributed by atoms with Crippen molar-refractivity contribution in [1.82, 2.24) is 9.88 Å². The topological polar surface area (TPSA) is 34.0 Å². The average Bonchev–Trinajstić information content (AvgIpc) is 2.97. The van der Waals surface area contributed by atoms with E-state index in [2.05, 4.69) is 35.1 Å². The van der Waals surface area contributed by atoms with Gasteiger partial charge in [-0.3, -0.25) is 4.79 Å². The SMILES string of the molecule is CC[C@H](C)NC(=O)C[C@@H](c1ccc(Cl)cc1)c1cn(C)c2ccccc12. The van der Waals surface area contributed by atoms with Crippen molar-refractivity contribution in [1.29, 1.82) is 0 Å². The number of nitrogens with one attached hydrogen (secondary N) is 1. The molecule has 1 amide bonds. The first-order valence-corrected chi connectivity index (χ1v) is 9.46. The number of benzene rings is 2. The third-order valence-corrected chi connectivity index (χ3v) is 5.24. The first-order chi connectivity index (χ1) is 12.5. The summed E-state index contributed by atoms with van der Waals surface area (Å²) in [5.41, 5.74) is 3.44. The molecule has 0 fully saturated rings. The number of carbonyl (C=O) groups is 1. The van der Waals surface area contributed by atoms with Crippen molar-refractivity contribution in [2.45, 2.75) is 38.6 Å². The van der Waals surface area contributed by atoms with Gasteiger partial charge in [0.25, 0.3) is 0 Å². The zero-order valence-corrected chi connectivity index (χ0v) is 16.3. The molecule has 0 aliphatic rings. The van der Waals surface area contributed by atoms with Gasteiger partial charge in [-0.25, -0.2) is 0 Å². The number of hydrogen-bond acceptors (Lipinski definition) is 1. The summed E-state index contributed by atoms with van der Waals surface area (Å²) in [7, 11) is 2.05. The summed E-state index contributed by atoms with van der Waals surface area (Å²) in [6.45, 7) is 4.11. The Labute approximate surface area is 160 Å². The molecule has 4 heteroatoms. The Hall–Kier alpha value is -2.26. The molecule has 3 aromatic rings. The van der Waals surface area contributed by atoms with E-state index >= 15 is 0 Å². The van der Waals surface area contributed by atoms with Crippen molar-refractivity contribution in [3.05, 3.63) is 70.9 Å². The van der Waals surface area contributed by atoms with Gasteiger partial charge in [0.05, 0.1) is 0 Å². The zero-order chi connectivity index (χ0) is 18.7. The van der Waals surface area contributed by atoms with Crippen LogP contribution >= 0.6 is 11.6 Å². The second kappa shape index (κ2) is 7.96. The molecule has 2 atom stereocenters. The van der Waals surface area contributed by atoms with Crippen LogP contribution in [0.4, 0.5) is 0 Å². The fourth-order valence-corrected chi connectivity index (χ4v) is 3.50. The lowest BCUT2D eigenvalue weighted by molar-refractivity contribution is -0.121. The number of aromatic nitrogens is 1. The van der Waals surface area contributed by atoms with E-state index in [0.717, 1.165) is 12.0 Å². The van der Waals surface area contributed by atoms with Crippen LogP contribution in [0, 0.1) is 0 Å². The van der Waals surface area contributed by atoms with Gasteiger partial charge >= 0.3 is 0 Å². The molecule has 0 aliphatic heterocycles. The van der Waals surface area contributed by atoms with Gasteiger partial charge in [-0.05, 0) is 42.7 Å². The number of carbonyl (C=O) groups excluding carboxylic acids is 1. The van der Waals surface area contributed by atoms with E-state index in [0.29, 0.717) is 11.4 Å². The minimum Gasteiger partial charge on any atom is -0.354 e. The highest BCUT2D eigenvalue weighted by Gasteiger charge is 2.22. The minimum atomic E-state index is -0.0116. The maximum atomic E-state index is 12.6. The normalized spacial score (nSPS) is 13.5. The molecule has 3 nitrogen and oxygen atoms in total. The number of para-hydroxylation sites is 1. The lowest BCUT2D eigenvalue weighted by atomic mass is 9.88. The molecule has 0 bridgehead atoms. The van der Waals surface area contributed by atoms with E-state index in [1.807, 2.05) is 50.4 Å². The quantitative estimate of drug-likeness (QED) is 0.632. The van der Waals surface area contributed by atoms with E-state index in [1.54, 1.807) is 0 Å². The van der Waals surface area contributed by atoms with Crippen LogP contribution in [0.15, 0.2) is 54.7 Å². The predicted molar refractivity (Wildman–Crippen MR) is 109 cm³/mol. The number of amides is 1. The van der Waals surface area contributed by atoms with Gasteiger partial charge in [0.2, 0.25) is 5.91 Å². The van der Waals surface area contributed by atoms with Crippen molar-refractivity contribution >= 4 is 28.4 Å².